The lowest BCUT2D eigenvalue weighted by Gasteiger charge is -2.44. The van der Waals surface area contributed by atoms with Crippen LogP contribution in [-0.2, 0) is 4.74 Å². The van der Waals surface area contributed by atoms with Crippen molar-refractivity contribution in [2.75, 3.05) is 30.4 Å². The smallest absolute Gasteiger partial charge is 0.410 e. The molecule has 3 aromatic rings. The number of benzene rings is 1. The van der Waals surface area contributed by atoms with Gasteiger partial charge in [-0.05, 0) is 32.9 Å². The van der Waals surface area contributed by atoms with Crippen LogP contribution in [0.3, 0.4) is 0 Å². The fourth-order valence-corrected chi connectivity index (χ4v) is 3.52. The van der Waals surface area contributed by atoms with Crippen molar-refractivity contribution < 1.29 is 18.3 Å². The average molecular weight is 477 g/mol. The third kappa shape index (κ3) is 4.75. The number of pyridine rings is 1. The highest BCUT2D eigenvalue weighted by Gasteiger charge is 2.36. The maximum absolute atomic E-state index is 14.8. The fraction of sp³-hybridized carbons (Fsp3) is 0.364. The number of anilines is 3. The standard InChI is InChI=1S/C22H23ClF2N6O2/c1-22(2,3)33-21(32)30(4)12-9-31(10-12)20-14(24)8-16-18(29-20)19(27-11-26-16)28-15-7-5-6-13(23)17(15)25/h5-8,11-12H,9-10H2,1-4H3,(H,26,27,28). The zero-order chi connectivity index (χ0) is 23.9. The highest BCUT2D eigenvalue weighted by Crippen LogP contribution is 2.31. The zero-order valence-corrected chi connectivity index (χ0v) is 19.3. The Balaban J connectivity index is 1.56. The molecule has 1 aliphatic heterocycles. The number of nitrogens with one attached hydrogen (secondary N) is 1. The lowest BCUT2D eigenvalue weighted by atomic mass is 10.1. The molecule has 1 aliphatic rings. The maximum atomic E-state index is 14.8. The van der Waals surface area contributed by atoms with Crippen LogP contribution in [0.2, 0.25) is 5.02 Å². The van der Waals surface area contributed by atoms with Crippen LogP contribution in [0.15, 0.2) is 30.6 Å². The quantitative estimate of drug-likeness (QED) is 0.581. The SMILES string of the molecule is CN(C(=O)OC(C)(C)C)C1CN(c2nc3c(Nc4cccc(Cl)c4F)ncnc3cc2F)C1. The number of nitrogens with zero attached hydrogens (tertiary/aromatic N) is 5. The Morgan fingerprint density at radius 1 is 1.27 bits per heavy atom. The number of fused-ring (bicyclic) bond motifs is 1. The summed E-state index contributed by atoms with van der Waals surface area (Å²) in [5, 5.41) is 2.82. The van der Waals surface area contributed by atoms with Crippen molar-refractivity contribution in [2.24, 2.45) is 0 Å². The van der Waals surface area contributed by atoms with E-state index in [1.54, 1.807) is 38.8 Å². The minimum Gasteiger partial charge on any atom is -0.444 e. The van der Waals surface area contributed by atoms with Gasteiger partial charge in [0.2, 0.25) is 0 Å². The molecule has 0 aliphatic carbocycles. The normalized spacial score (nSPS) is 14.2. The van der Waals surface area contributed by atoms with E-state index in [0.717, 1.165) is 0 Å². The first-order valence-corrected chi connectivity index (χ1v) is 10.6. The highest BCUT2D eigenvalue weighted by molar-refractivity contribution is 6.31. The zero-order valence-electron chi connectivity index (χ0n) is 18.6. The summed E-state index contributed by atoms with van der Waals surface area (Å²) in [5.74, 6) is -0.880. The lowest BCUT2D eigenvalue weighted by Crippen LogP contribution is -2.60. The molecule has 1 N–H and O–H groups in total. The number of carbonyl (C=O) groups excluding carboxylic acids is 1. The van der Waals surface area contributed by atoms with Gasteiger partial charge < -0.3 is 19.9 Å². The van der Waals surface area contributed by atoms with Gasteiger partial charge in [0.1, 0.15) is 17.4 Å². The molecule has 4 rings (SSSR count). The molecule has 3 heterocycles. The average Bonchev–Trinajstić information content (AvgIpc) is 2.69. The van der Waals surface area contributed by atoms with Crippen LogP contribution in [0.5, 0.6) is 0 Å². The molecule has 0 atom stereocenters. The largest absolute Gasteiger partial charge is 0.444 e. The van der Waals surface area contributed by atoms with Crippen LogP contribution in [0, 0.1) is 11.6 Å². The molecule has 2 aromatic heterocycles. The van der Waals surface area contributed by atoms with Gasteiger partial charge in [0.15, 0.2) is 23.3 Å². The van der Waals surface area contributed by atoms with Crippen molar-refractivity contribution in [2.45, 2.75) is 32.4 Å². The number of ether oxygens (including phenoxy) is 1. The summed E-state index contributed by atoms with van der Waals surface area (Å²) < 4.78 is 34.5. The number of rotatable bonds is 4. The van der Waals surface area contributed by atoms with Crippen molar-refractivity contribution >= 4 is 46.1 Å². The Labute approximate surface area is 194 Å². The van der Waals surface area contributed by atoms with E-state index < -0.39 is 23.3 Å². The topological polar surface area (TPSA) is 83.5 Å². The predicted octanol–water partition coefficient (Wildman–Crippen LogP) is 4.76. The molecule has 174 valence electrons. The van der Waals surface area contributed by atoms with Gasteiger partial charge in [0, 0.05) is 26.2 Å². The molecule has 0 radical (unpaired) electrons. The monoisotopic (exact) mass is 476 g/mol. The van der Waals surface area contributed by atoms with Gasteiger partial charge in [0.05, 0.1) is 22.3 Å². The summed E-state index contributed by atoms with van der Waals surface area (Å²) in [6.07, 6.45) is 0.797. The molecule has 11 heteroatoms. The first kappa shape index (κ1) is 22.9. The minimum absolute atomic E-state index is 0.0428. The Hall–Kier alpha value is -3.27. The number of hydrogen-bond acceptors (Lipinski definition) is 7. The number of aromatic nitrogens is 3. The van der Waals surface area contributed by atoms with E-state index in [4.69, 9.17) is 16.3 Å². The summed E-state index contributed by atoms with van der Waals surface area (Å²) in [4.78, 5) is 28.1. The third-order valence-corrected chi connectivity index (χ3v) is 5.43. The van der Waals surface area contributed by atoms with Crippen LogP contribution in [-0.4, -0.2) is 57.7 Å². The van der Waals surface area contributed by atoms with E-state index in [9.17, 15) is 13.6 Å². The van der Waals surface area contributed by atoms with Crippen molar-refractivity contribution in [3.63, 3.8) is 0 Å². The van der Waals surface area contributed by atoms with E-state index in [1.165, 1.54) is 29.4 Å². The van der Waals surface area contributed by atoms with Gasteiger partial charge in [0.25, 0.3) is 0 Å². The van der Waals surface area contributed by atoms with Gasteiger partial charge in [-0.2, -0.15) is 0 Å². The second-order valence-corrected chi connectivity index (χ2v) is 9.17. The Morgan fingerprint density at radius 2 is 2.00 bits per heavy atom. The lowest BCUT2D eigenvalue weighted by molar-refractivity contribution is 0.0196. The number of halogens is 3. The Bertz CT molecular complexity index is 1210. The molecule has 1 amide bonds. The van der Waals surface area contributed by atoms with Crippen molar-refractivity contribution in [1.29, 1.82) is 0 Å². The van der Waals surface area contributed by atoms with Gasteiger partial charge >= 0.3 is 6.09 Å². The van der Waals surface area contributed by atoms with Crippen molar-refractivity contribution in [3.05, 3.63) is 47.2 Å². The number of hydrogen-bond donors (Lipinski definition) is 1. The van der Waals surface area contributed by atoms with Crippen LogP contribution < -0.4 is 10.2 Å². The van der Waals surface area contributed by atoms with Gasteiger partial charge in [-0.25, -0.2) is 28.5 Å². The van der Waals surface area contributed by atoms with Crippen LogP contribution in [0.4, 0.5) is 30.9 Å². The number of amides is 1. The van der Waals surface area contributed by atoms with Crippen molar-refractivity contribution in [1.82, 2.24) is 19.9 Å². The highest BCUT2D eigenvalue weighted by atomic mass is 35.5. The molecule has 0 spiro atoms. The Kier molecular flexibility index (Phi) is 5.96. The van der Waals surface area contributed by atoms with Crippen LogP contribution in [0.25, 0.3) is 11.0 Å². The summed E-state index contributed by atoms with van der Waals surface area (Å²) in [7, 11) is 1.65. The van der Waals surface area contributed by atoms with Gasteiger partial charge in [-0.15, -0.1) is 0 Å². The Morgan fingerprint density at radius 3 is 2.70 bits per heavy atom. The summed E-state index contributed by atoms with van der Waals surface area (Å²) >= 11 is 5.85. The molecule has 1 aromatic carbocycles. The van der Waals surface area contributed by atoms with E-state index in [1.807, 2.05) is 0 Å². The number of carbonyl (C=O) groups is 1. The summed E-state index contributed by atoms with van der Waals surface area (Å²) in [6, 6.07) is 5.63. The number of likely N-dealkylation sites (N-methyl/N-ethyl adjacent to an activating group) is 1. The second kappa shape index (κ2) is 8.58. The molecule has 0 unspecified atom stereocenters. The summed E-state index contributed by atoms with van der Waals surface area (Å²) in [6.45, 7) is 6.14. The maximum Gasteiger partial charge on any atom is 0.410 e. The predicted molar refractivity (Wildman–Crippen MR) is 122 cm³/mol. The molecule has 33 heavy (non-hydrogen) atoms. The van der Waals surface area contributed by atoms with E-state index in [2.05, 4.69) is 20.3 Å². The third-order valence-electron chi connectivity index (χ3n) is 5.14. The van der Waals surface area contributed by atoms with Crippen LogP contribution >= 0.6 is 11.6 Å². The fourth-order valence-electron chi connectivity index (χ4n) is 3.35. The van der Waals surface area contributed by atoms with E-state index in [-0.39, 0.29) is 39.4 Å². The molecule has 1 saturated heterocycles. The van der Waals surface area contributed by atoms with Gasteiger partial charge in [-0.3, -0.25) is 0 Å². The molecule has 1 fully saturated rings. The second-order valence-electron chi connectivity index (χ2n) is 8.76. The minimum atomic E-state index is -0.635. The first-order chi connectivity index (χ1) is 15.5. The van der Waals surface area contributed by atoms with Gasteiger partial charge in [-0.1, -0.05) is 17.7 Å². The molecule has 0 bridgehead atoms. The van der Waals surface area contributed by atoms with Crippen LogP contribution in [0.1, 0.15) is 20.8 Å². The molecular weight excluding hydrogens is 454 g/mol. The first-order valence-electron chi connectivity index (χ1n) is 10.3. The van der Waals surface area contributed by atoms with Crippen molar-refractivity contribution in [3.8, 4) is 0 Å². The molecular formula is C22H23ClF2N6O2. The van der Waals surface area contributed by atoms with E-state index in [0.29, 0.717) is 13.1 Å². The molecule has 0 saturated carbocycles. The summed E-state index contributed by atoms with van der Waals surface area (Å²) in [5.41, 5.74) is 0.0432. The van der Waals surface area contributed by atoms with E-state index >= 15 is 0 Å². The molecule has 8 nitrogen and oxygen atoms in total.